The number of fused-ring (bicyclic) bond motifs is 3. The predicted octanol–water partition coefficient (Wildman–Crippen LogP) is 4.07. The van der Waals surface area contributed by atoms with Gasteiger partial charge in [0, 0.05) is 37.0 Å². The molecule has 3 aromatic heterocycles. The molecular formula is C21H24N4OS. The van der Waals surface area contributed by atoms with Gasteiger partial charge in [-0.1, -0.05) is 6.07 Å². The highest BCUT2D eigenvalue weighted by Crippen LogP contribution is 2.41. The van der Waals surface area contributed by atoms with Crippen molar-refractivity contribution in [2.75, 3.05) is 18.1 Å². The number of aryl methyl sites for hydroxylation is 3. The third-order valence-corrected chi connectivity index (χ3v) is 6.69. The van der Waals surface area contributed by atoms with E-state index in [0.29, 0.717) is 0 Å². The zero-order chi connectivity index (χ0) is 18.2. The van der Waals surface area contributed by atoms with E-state index in [1.54, 1.807) is 0 Å². The van der Waals surface area contributed by atoms with E-state index in [4.69, 9.17) is 14.7 Å². The lowest BCUT2D eigenvalue weighted by Gasteiger charge is -2.27. The summed E-state index contributed by atoms with van der Waals surface area (Å²) in [5.41, 5.74) is 2.68. The first-order valence-corrected chi connectivity index (χ1v) is 10.6. The van der Waals surface area contributed by atoms with E-state index in [-0.39, 0.29) is 6.10 Å². The molecule has 1 aliphatic carbocycles. The molecule has 1 saturated heterocycles. The number of pyridine rings is 1. The quantitative estimate of drug-likeness (QED) is 0.668. The Hall–Kier alpha value is -2.05. The fourth-order valence-corrected chi connectivity index (χ4v) is 5.58. The minimum absolute atomic E-state index is 0.277. The third kappa shape index (κ3) is 3.32. The predicted molar refractivity (Wildman–Crippen MR) is 108 cm³/mol. The Morgan fingerprint density at radius 3 is 3.04 bits per heavy atom. The first-order valence-electron chi connectivity index (χ1n) is 9.82. The number of hydrogen-bond donors (Lipinski definition) is 0. The zero-order valence-electron chi connectivity index (χ0n) is 15.6. The van der Waals surface area contributed by atoms with Crippen molar-refractivity contribution in [3.63, 3.8) is 0 Å². The molecule has 4 heterocycles. The lowest BCUT2D eigenvalue weighted by molar-refractivity contribution is 0.115. The molecule has 0 N–H and O–H groups in total. The molecule has 5 nitrogen and oxygen atoms in total. The number of hydrogen-bond acceptors (Lipinski definition) is 6. The van der Waals surface area contributed by atoms with Crippen LogP contribution in [0.25, 0.3) is 10.2 Å². The van der Waals surface area contributed by atoms with Gasteiger partial charge in [-0.05, 0) is 56.2 Å². The maximum Gasteiger partial charge on any atom is 0.141 e. The van der Waals surface area contributed by atoms with E-state index >= 15 is 0 Å². The standard InChI is InChI=1S/C21H24N4OS/c1-14-23-20(19-17-7-2-8-18(17)27-21(19)24-14)25(13-16-6-4-10-26-16)12-15-5-3-9-22-11-15/h3,5,9,11,16H,2,4,6-8,10,12-13H2,1H3/t16-/m0/s1. The third-order valence-electron chi connectivity index (χ3n) is 5.50. The molecule has 0 saturated carbocycles. The summed E-state index contributed by atoms with van der Waals surface area (Å²) in [6, 6.07) is 4.14. The van der Waals surface area contributed by atoms with E-state index in [9.17, 15) is 0 Å². The van der Waals surface area contributed by atoms with Crippen LogP contribution in [-0.2, 0) is 24.1 Å². The van der Waals surface area contributed by atoms with E-state index in [1.807, 2.05) is 36.7 Å². The second-order valence-corrected chi connectivity index (χ2v) is 8.59. The summed E-state index contributed by atoms with van der Waals surface area (Å²) in [7, 11) is 0. The first-order chi connectivity index (χ1) is 13.3. The molecule has 2 aliphatic rings. The van der Waals surface area contributed by atoms with Gasteiger partial charge in [0.2, 0.25) is 0 Å². The molecule has 0 spiro atoms. The van der Waals surface area contributed by atoms with E-state index in [2.05, 4.69) is 16.0 Å². The molecular weight excluding hydrogens is 356 g/mol. The lowest BCUT2D eigenvalue weighted by atomic mass is 10.1. The highest BCUT2D eigenvalue weighted by atomic mass is 32.1. The molecule has 0 amide bonds. The Bertz CT molecular complexity index is 950. The minimum atomic E-state index is 0.277. The van der Waals surface area contributed by atoms with Crippen molar-refractivity contribution in [3.8, 4) is 0 Å². The highest BCUT2D eigenvalue weighted by molar-refractivity contribution is 7.19. The Morgan fingerprint density at radius 2 is 2.22 bits per heavy atom. The van der Waals surface area contributed by atoms with Gasteiger partial charge in [-0.3, -0.25) is 4.98 Å². The molecule has 1 aliphatic heterocycles. The number of rotatable bonds is 5. The second kappa shape index (κ2) is 7.17. The molecule has 0 radical (unpaired) electrons. The van der Waals surface area contributed by atoms with Gasteiger partial charge in [0.25, 0.3) is 0 Å². The molecule has 3 aromatic rings. The van der Waals surface area contributed by atoms with E-state index in [0.717, 1.165) is 55.4 Å². The maximum absolute atomic E-state index is 5.96. The molecule has 0 aromatic carbocycles. The fourth-order valence-electron chi connectivity index (χ4n) is 4.28. The SMILES string of the molecule is Cc1nc(N(Cc2cccnc2)C[C@@H]2CCCO2)c2c3c(sc2n1)CCC3. The van der Waals surface area contributed by atoms with Crippen LogP contribution < -0.4 is 4.90 Å². The molecule has 5 rings (SSSR count). The van der Waals surface area contributed by atoms with E-state index in [1.165, 1.54) is 34.2 Å². The van der Waals surface area contributed by atoms with Crippen molar-refractivity contribution < 1.29 is 4.74 Å². The topological polar surface area (TPSA) is 51.1 Å². The van der Waals surface area contributed by atoms with Crippen LogP contribution in [0.4, 0.5) is 5.82 Å². The van der Waals surface area contributed by atoms with Gasteiger partial charge in [0.15, 0.2) is 0 Å². The molecule has 140 valence electrons. The van der Waals surface area contributed by atoms with Crippen LogP contribution in [0.3, 0.4) is 0 Å². The summed E-state index contributed by atoms with van der Waals surface area (Å²) in [5.74, 6) is 1.93. The largest absolute Gasteiger partial charge is 0.376 e. The van der Waals surface area contributed by atoms with Gasteiger partial charge in [-0.15, -0.1) is 11.3 Å². The summed E-state index contributed by atoms with van der Waals surface area (Å²) in [4.78, 5) is 19.0. The lowest BCUT2D eigenvalue weighted by Crippen LogP contribution is -2.33. The molecule has 1 fully saturated rings. The monoisotopic (exact) mass is 380 g/mol. The van der Waals surface area contributed by atoms with Gasteiger partial charge in [-0.2, -0.15) is 0 Å². The Labute approximate surface area is 163 Å². The average molecular weight is 381 g/mol. The van der Waals surface area contributed by atoms with Gasteiger partial charge in [-0.25, -0.2) is 9.97 Å². The summed E-state index contributed by atoms with van der Waals surface area (Å²) >= 11 is 1.86. The summed E-state index contributed by atoms with van der Waals surface area (Å²) in [6.45, 7) is 4.54. The second-order valence-electron chi connectivity index (χ2n) is 7.51. The van der Waals surface area contributed by atoms with Crippen molar-refractivity contribution in [1.29, 1.82) is 0 Å². The van der Waals surface area contributed by atoms with Crippen molar-refractivity contribution >= 4 is 27.4 Å². The summed E-state index contributed by atoms with van der Waals surface area (Å²) in [6.07, 6.45) is 9.91. The zero-order valence-corrected chi connectivity index (χ0v) is 16.5. The van der Waals surface area contributed by atoms with Crippen LogP contribution in [0.15, 0.2) is 24.5 Å². The maximum atomic E-state index is 5.96. The van der Waals surface area contributed by atoms with Crippen molar-refractivity contribution in [2.45, 2.75) is 51.7 Å². The van der Waals surface area contributed by atoms with Crippen LogP contribution in [0.2, 0.25) is 0 Å². The number of anilines is 1. The van der Waals surface area contributed by atoms with Crippen molar-refractivity contribution in [2.24, 2.45) is 0 Å². The van der Waals surface area contributed by atoms with Gasteiger partial charge < -0.3 is 9.64 Å². The van der Waals surface area contributed by atoms with E-state index < -0.39 is 0 Å². The summed E-state index contributed by atoms with van der Waals surface area (Å²) < 4.78 is 5.96. The van der Waals surface area contributed by atoms with Crippen LogP contribution in [0.5, 0.6) is 0 Å². The molecule has 27 heavy (non-hydrogen) atoms. The van der Waals surface area contributed by atoms with Crippen LogP contribution in [0, 0.1) is 6.92 Å². The van der Waals surface area contributed by atoms with Gasteiger partial charge in [0.1, 0.15) is 16.5 Å². The summed E-state index contributed by atoms with van der Waals surface area (Å²) in [5, 5.41) is 1.28. The van der Waals surface area contributed by atoms with Gasteiger partial charge in [0.05, 0.1) is 11.5 Å². The smallest absolute Gasteiger partial charge is 0.141 e. The highest BCUT2D eigenvalue weighted by Gasteiger charge is 2.27. The number of aromatic nitrogens is 3. The van der Waals surface area contributed by atoms with Crippen molar-refractivity contribution in [3.05, 3.63) is 46.4 Å². The number of ether oxygens (including phenoxy) is 1. The number of nitrogens with zero attached hydrogens (tertiary/aromatic N) is 4. The van der Waals surface area contributed by atoms with Crippen LogP contribution in [0.1, 0.15) is 41.1 Å². The molecule has 1 atom stereocenters. The average Bonchev–Trinajstić information content (AvgIpc) is 3.38. The Morgan fingerprint density at radius 1 is 1.26 bits per heavy atom. The molecule has 0 unspecified atom stereocenters. The Balaban J connectivity index is 1.59. The number of thiophene rings is 1. The fraction of sp³-hybridized carbons (Fsp3) is 0.476. The van der Waals surface area contributed by atoms with Crippen LogP contribution in [-0.4, -0.2) is 34.2 Å². The van der Waals surface area contributed by atoms with Gasteiger partial charge >= 0.3 is 0 Å². The molecule has 0 bridgehead atoms. The first kappa shape index (κ1) is 17.1. The Kier molecular flexibility index (Phi) is 4.53. The van der Waals surface area contributed by atoms with Crippen LogP contribution >= 0.6 is 11.3 Å². The minimum Gasteiger partial charge on any atom is -0.376 e. The molecule has 6 heteroatoms. The van der Waals surface area contributed by atoms with Crippen molar-refractivity contribution in [1.82, 2.24) is 15.0 Å². The normalized spacial score (nSPS) is 18.9.